The molecule has 0 N–H and O–H groups in total. The van der Waals surface area contributed by atoms with Crippen LogP contribution in [0.1, 0.15) is 19.4 Å². The first kappa shape index (κ1) is 24.4. The Bertz CT molecular complexity index is 1330. The number of fused-ring (bicyclic) bond motifs is 1. The van der Waals surface area contributed by atoms with Crippen molar-refractivity contribution in [1.82, 2.24) is 9.47 Å². The molecule has 3 aromatic carbocycles. The molecular weight excluding hydrogens is 498 g/mol. The topological polar surface area (TPSA) is 34.5 Å². The maximum absolute atomic E-state index is 14.4. The Morgan fingerprint density at radius 3 is 2.35 bits per heavy atom. The molecule has 1 aromatic heterocycles. The lowest BCUT2D eigenvalue weighted by Gasteiger charge is -2.20. The van der Waals surface area contributed by atoms with Gasteiger partial charge in [0.25, 0.3) is 0 Å². The van der Waals surface area contributed by atoms with Crippen molar-refractivity contribution in [2.24, 2.45) is 0 Å². The average molecular weight is 520 g/mol. The standard InChI is InChI=1S/C26H22Cl3FN2O2/c1-3-31(4-2)26(33)34-24-9-8-23-19(25(24)16-12-17(27)14-18(28)13-16)10-11-32(23)15-20-21(29)6-5-7-22(20)30/h5-14H,3-4,15H2,1-2H3. The van der Waals surface area contributed by atoms with Gasteiger partial charge >= 0.3 is 6.09 Å². The highest BCUT2D eigenvalue weighted by molar-refractivity contribution is 6.35. The Kier molecular flexibility index (Phi) is 7.36. The molecule has 0 saturated carbocycles. The number of carbonyl (C=O) groups excluding carboxylic acids is 1. The van der Waals surface area contributed by atoms with E-state index in [0.717, 1.165) is 10.9 Å². The van der Waals surface area contributed by atoms with Crippen LogP contribution in [0.5, 0.6) is 5.75 Å². The van der Waals surface area contributed by atoms with Gasteiger partial charge in [0.2, 0.25) is 0 Å². The van der Waals surface area contributed by atoms with Crippen molar-refractivity contribution in [1.29, 1.82) is 0 Å². The van der Waals surface area contributed by atoms with Crippen LogP contribution in [-0.4, -0.2) is 28.6 Å². The number of nitrogens with zero attached hydrogens (tertiary/aromatic N) is 2. The molecule has 0 bridgehead atoms. The molecule has 0 unspecified atom stereocenters. The smallest absolute Gasteiger partial charge is 0.410 e. The zero-order valence-electron chi connectivity index (χ0n) is 18.6. The van der Waals surface area contributed by atoms with Gasteiger partial charge in [-0.3, -0.25) is 0 Å². The van der Waals surface area contributed by atoms with E-state index in [1.54, 1.807) is 41.3 Å². The van der Waals surface area contributed by atoms with Crippen LogP contribution in [0.2, 0.25) is 15.1 Å². The van der Waals surface area contributed by atoms with Crippen molar-refractivity contribution in [3.8, 4) is 16.9 Å². The molecule has 8 heteroatoms. The lowest BCUT2D eigenvalue weighted by atomic mass is 10.0. The maximum Gasteiger partial charge on any atom is 0.415 e. The Morgan fingerprint density at radius 2 is 1.71 bits per heavy atom. The summed E-state index contributed by atoms with van der Waals surface area (Å²) in [4.78, 5) is 14.3. The van der Waals surface area contributed by atoms with Gasteiger partial charge in [0.1, 0.15) is 11.6 Å². The van der Waals surface area contributed by atoms with E-state index < -0.39 is 6.09 Å². The van der Waals surface area contributed by atoms with Gasteiger partial charge in [-0.2, -0.15) is 0 Å². The van der Waals surface area contributed by atoms with Gasteiger partial charge in [0.05, 0.1) is 6.54 Å². The summed E-state index contributed by atoms with van der Waals surface area (Å²) < 4.78 is 22.1. The fourth-order valence-corrected chi connectivity index (χ4v) is 4.71. The van der Waals surface area contributed by atoms with Crippen LogP contribution in [0.4, 0.5) is 9.18 Å². The van der Waals surface area contributed by atoms with Gasteiger partial charge in [0.15, 0.2) is 0 Å². The third kappa shape index (κ3) is 4.88. The van der Waals surface area contributed by atoms with Crippen LogP contribution < -0.4 is 4.74 Å². The van der Waals surface area contributed by atoms with Gasteiger partial charge in [-0.05, 0) is 67.9 Å². The van der Waals surface area contributed by atoms with Crippen LogP contribution >= 0.6 is 34.8 Å². The molecule has 0 aliphatic carbocycles. The summed E-state index contributed by atoms with van der Waals surface area (Å²) in [5.41, 5.74) is 2.58. The summed E-state index contributed by atoms with van der Waals surface area (Å²) >= 11 is 18.8. The molecule has 34 heavy (non-hydrogen) atoms. The highest BCUT2D eigenvalue weighted by Gasteiger charge is 2.20. The second kappa shape index (κ2) is 10.3. The van der Waals surface area contributed by atoms with E-state index in [1.807, 2.05) is 36.7 Å². The molecule has 0 aliphatic heterocycles. The Labute approximate surface area is 212 Å². The van der Waals surface area contributed by atoms with Crippen LogP contribution in [0.15, 0.2) is 60.8 Å². The van der Waals surface area contributed by atoms with Gasteiger partial charge in [0, 0.05) is 56.4 Å². The minimum atomic E-state index is -0.448. The summed E-state index contributed by atoms with van der Waals surface area (Å²) in [5.74, 6) is 0.00498. The number of halogens is 4. The lowest BCUT2D eigenvalue weighted by molar-refractivity contribution is 0.157. The van der Waals surface area contributed by atoms with E-state index in [0.29, 0.717) is 50.6 Å². The van der Waals surface area contributed by atoms with E-state index in [-0.39, 0.29) is 12.4 Å². The first-order chi connectivity index (χ1) is 16.3. The molecule has 0 spiro atoms. The SMILES string of the molecule is CCN(CC)C(=O)Oc1ccc2c(ccn2Cc2c(F)cccc2Cl)c1-c1cc(Cl)cc(Cl)c1. The van der Waals surface area contributed by atoms with Gasteiger partial charge in [-0.1, -0.05) is 40.9 Å². The fraction of sp³-hybridized carbons (Fsp3) is 0.192. The van der Waals surface area contributed by atoms with Crippen molar-refractivity contribution >= 4 is 51.8 Å². The Hall–Kier alpha value is -2.73. The van der Waals surface area contributed by atoms with E-state index >= 15 is 0 Å². The van der Waals surface area contributed by atoms with Gasteiger partial charge in [-0.15, -0.1) is 0 Å². The molecule has 0 radical (unpaired) electrons. The number of hydrogen-bond acceptors (Lipinski definition) is 2. The van der Waals surface area contributed by atoms with Crippen molar-refractivity contribution in [3.05, 3.63) is 87.2 Å². The number of carbonyl (C=O) groups is 1. The second-order valence-electron chi connectivity index (χ2n) is 7.71. The van der Waals surface area contributed by atoms with E-state index in [1.165, 1.54) is 6.07 Å². The van der Waals surface area contributed by atoms with Gasteiger partial charge in [-0.25, -0.2) is 9.18 Å². The highest BCUT2D eigenvalue weighted by atomic mass is 35.5. The van der Waals surface area contributed by atoms with Crippen LogP contribution in [0.3, 0.4) is 0 Å². The van der Waals surface area contributed by atoms with Crippen molar-refractivity contribution < 1.29 is 13.9 Å². The first-order valence-electron chi connectivity index (χ1n) is 10.8. The summed E-state index contributed by atoms with van der Waals surface area (Å²) in [6, 6.07) is 15.3. The molecule has 0 aliphatic rings. The molecule has 1 heterocycles. The summed E-state index contributed by atoms with van der Waals surface area (Å²) in [7, 11) is 0. The average Bonchev–Trinajstić information content (AvgIpc) is 3.19. The molecule has 4 rings (SSSR count). The maximum atomic E-state index is 14.4. The molecule has 4 nitrogen and oxygen atoms in total. The predicted molar refractivity (Wildman–Crippen MR) is 137 cm³/mol. The van der Waals surface area contributed by atoms with Crippen molar-refractivity contribution in [3.63, 3.8) is 0 Å². The lowest BCUT2D eigenvalue weighted by Crippen LogP contribution is -2.33. The molecule has 176 valence electrons. The van der Waals surface area contributed by atoms with Crippen molar-refractivity contribution in [2.45, 2.75) is 20.4 Å². The van der Waals surface area contributed by atoms with Crippen LogP contribution in [0.25, 0.3) is 22.0 Å². The monoisotopic (exact) mass is 518 g/mol. The molecule has 4 aromatic rings. The summed E-state index contributed by atoms with van der Waals surface area (Å²) in [6.07, 6.45) is 1.40. The molecule has 0 atom stereocenters. The van der Waals surface area contributed by atoms with Crippen LogP contribution in [-0.2, 0) is 6.54 Å². The molecule has 0 fully saturated rings. The molecule has 1 amide bonds. The minimum Gasteiger partial charge on any atom is -0.410 e. The highest BCUT2D eigenvalue weighted by Crippen LogP contribution is 2.40. The molecular formula is C26H22Cl3FN2O2. The normalized spacial score (nSPS) is 11.1. The van der Waals surface area contributed by atoms with Gasteiger partial charge < -0.3 is 14.2 Å². The summed E-state index contributed by atoms with van der Waals surface area (Å²) in [5, 5.41) is 2.07. The third-order valence-electron chi connectivity index (χ3n) is 5.68. The Balaban J connectivity index is 1.87. The number of aromatic nitrogens is 1. The third-order valence-corrected chi connectivity index (χ3v) is 6.47. The number of ether oxygens (including phenoxy) is 1. The predicted octanol–water partition coefficient (Wildman–Crippen LogP) is 8.30. The van der Waals surface area contributed by atoms with E-state index in [9.17, 15) is 9.18 Å². The second-order valence-corrected chi connectivity index (χ2v) is 8.99. The number of hydrogen-bond donors (Lipinski definition) is 0. The fourth-order valence-electron chi connectivity index (χ4n) is 3.97. The first-order valence-corrected chi connectivity index (χ1v) is 11.9. The number of rotatable bonds is 6. The number of amides is 1. The van der Waals surface area contributed by atoms with Crippen LogP contribution in [0, 0.1) is 5.82 Å². The van der Waals surface area contributed by atoms with Crippen molar-refractivity contribution in [2.75, 3.05) is 13.1 Å². The zero-order valence-corrected chi connectivity index (χ0v) is 20.9. The minimum absolute atomic E-state index is 0.239. The molecule has 0 saturated heterocycles. The number of benzene rings is 3. The zero-order chi connectivity index (χ0) is 24.4. The summed E-state index contributed by atoms with van der Waals surface area (Å²) in [6.45, 7) is 5.06. The Morgan fingerprint density at radius 1 is 1.00 bits per heavy atom. The largest absolute Gasteiger partial charge is 0.415 e. The van der Waals surface area contributed by atoms with E-state index in [4.69, 9.17) is 39.5 Å². The van der Waals surface area contributed by atoms with E-state index in [2.05, 4.69) is 0 Å². The quantitative estimate of drug-likeness (QED) is 0.257.